The van der Waals surface area contributed by atoms with Crippen LogP contribution < -0.4 is 0 Å². The first kappa shape index (κ1) is 17.7. The van der Waals surface area contributed by atoms with Crippen LogP contribution in [0.25, 0.3) is 0 Å². The summed E-state index contributed by atoms with van der Waals surface area (Å²) in [5, 5.41) is 4.04. The summed E-state index contributed by atoms with van der Waals surface area (Å²) >= 11 is 0. The van der Waals surface area contributed by atoms with Crippen LogP contribution >= 0.6 is 0 Å². The second kappa shape index (κ2) is 7.43. The van der Waals surface area contributed by atoms with Crippen LogP contribution in [0.2, 0.25) is 0 Å². The van der Waals surface area contributed by atoms with Crippen molar-refractivity contribution in [3.63, 3.8) is 0 Å². The average Bonchev–Trinajstić information content (AvgIpc) is 3.16. The quantitative estimate of drug-likeness (QED) is 0.704. The van der Waals surface area contributed by atoms with Gasteiger partial charge in [-0.1, -0.05) is 18.2 Å². The Morgan fingerprint density at radius 3 is 2.50 bits per heavy atom. The molecule has 26 heavy (non-hydrogen) atoms. The van der Waals surface area contributed by atoms with Crippen LogP contribution in [0.4, 0.5) is 8.78 Å². The minimum Gasteiger partial charge on any atom is -0.335 e. The molecule has 0 radical (unpaired) electrons. The Kier molecular flexibility index (Phi) is 5.06. The third kappa shape index (κ3) is 3.77. The standard InChI is InChI=1S/C19H18F2N4O/c1-13(16-7-8-17(20)18(21)9-16)24(2)19(26)15-5-3-14(4-6-15)10-25-12-22-11-23-25/h3-9,11-13H,10H2,1-2H3. The van der Waals surface area contributed by atoms with Crippen LogP contribution in [0.1, 0.15) is 34.5 Å². The summed E-state index contributed by atoms with van der Waals surface area (Å²) in [6.45, 7) is 2.33. The molecule has 1 aromatic heterocycles. The lowest BCUT2D eigenvalue weighted by atomic mass is 10.1. The molecule has 1 atom stereocenters. The third-order valence-electron chi connectivity index (χ3n) is 4.34. The van der Waals surface area contributed by atoms with Gasteiger partial charge in [0.2, 0.25) is 0 Å². The summed E-state index contributed by atoms with van der Waals surface area (Å²) in [4.78, 5) is 18.1. The van der Waals surface area contributed by atoms with E-state index in [0.717, 1.165) is 17.7 Å². The summed E-state index contributed by atoms with van der Waals surface area (Å²) in [7, 11) is 1.64. The van der Waals surface area contributed by atoms with E-state index in [4.69, 9.17) is 0 Å². The number of aromatic nitrogens is 3. The number of carbonyl (C=O) groups is 1. The van der Waals surface area contributed by atoms with Crippen molar-refractivity contribution in [2.45, 2.75) is 19.5 Å². The average molecular weight is 356 g/mol. The zero-order valence-corrected chi connectivity index (χ0v) is 14.4. The fraction of sp³-hybridized carbons (Fsp3) is 0.211. The molecule has 0 fully saturated rings. The molecule has 1 heterocycles. The van der Waals surface area contributed by atoms with Crippen molar-refractivity contribution in [1.82, 2.24) is 19.7 Å². The second-order valence-electron chi connectivity index (χ2n) is 6.06. The van der Waals surface area contributed by atoms with E-state index in [2.05, 4.69) is 10.1 Å². The zero-order valence-electron chi connectivity index (χ0n) is 14.4. The van der Waals surface area contributed by atoms with Gasteiger partial charge in [-0.3, -0.25) is 4.79 Å². The zero-order chi connectivity index (χ0) is 18.7. The molecule has 0 aliphatic carbocycles. The maximum atomic E-state index is 13.4. The van der Waals surface area contributed by atoms with E-state index in [0.29, 0.717) is 17.7 Å². The Bertz CT molecular complexity index is 894. The van der Waals surface area contributed by atoms with Gasteiger partial charge in [0.25, 0.3) is 5.91 Å². The van der Waals surface area contributed by atoms with Gasteiger partial charge in [-0.05, 0) is 42.3 Å². The molecular weight excluding hydrogens is 338 g/mol. The van der Waals surface area contributed by atoms with Crippen molar-refractivity contribution >= 4 is 5.91 Å². The number of carbonyl (C=O) groups excluding carboxylic acids is 1. The summed E-state index contributed by atoms with van der Waals surface area (Å²) in [6, 6.07) is 10.5. The molecule has 134 valence electrons. The van der Waals surface area contributed by atoms with Gasteiger partial charge in [-0.2, -0.15) is 5.10 Å². The molecule has 1 unspecified atom stereocenters. The second-order valence-corrected chi connectivity index (χ2v) is 6.06. The maximum Gasteiger partial charge on any atom is 0.254 e. The fourth-order valence-corrected chi connectivity index (χ4v) is 2.63. The van der Waals surface area contributed by atoms with Gasteiger partial charge < -0.3 is 4.90 Å². The molecule has 7 heteroatoms. The molecule has 1 amide bonds. The van der Waals surface area contributed by atoms with Crippen molar-refractivity contribution in [2.75, 3.05) is 7.05 Å². The Morgan fingerprint density at radius 2 is 1.88 bits per heavy atom. The van der Waals surface area contributed by atoms with Crippen LogP contribution in [-0.2, 0) is 6.54 Å². The van der Waals surface area contributed by atoms with Gasteiger partial charge in [-0.15, -0.1) is 0 Å². The number of rotatable bonds is 5. The van der Waals surface area contributed by atoms with Gasteiger partial charge in [0, 0.05) is 12.6 Å². The van der Waals surface area contributed by atoms with Gasteiger partial charge >= 0.3 is 0 Å². The topological polar surface area (TPSA) is 51.0 Å². The van der Waals surface area contributed by atoms with Gasteiger partial charge in [0.1, 0.15) is 12.7 Å². The Hall–Kier alpha value is -3.09. The molecule has 2 aromatic carbocycles. The van der Waals surface area contributed by atoms with E-state index in [1.165, 1.54) is 17.3 Å². The van der Waals surface area contributed by atoms with E-state index in [1.54, 1.807) is 37.1 Å². The van der Waals surface area contributed by atoms with E-state index in [-0.39, 0.29) is 5.91 Å². The molecule has 5 nitrogen and oxygen atoms in total. The van der Waals surface area contributed by atoms with E-state index in [1.807, 2.05) is 12.1 Å². The number of halogens is 2. The Balaban J connectivity index is 1.72. The monoisotopic (exact) mass is 356 g/mol. The molecule has 3 rings (SSSR count). The highest BCUT2D eigenvalue weighted by atomic mass is 19.2. The largest absolute Gasteiger partial charge is 0.335 e. The summed E-state index contributed by atoms with van der Waals surface area (Å²) in [6.07, 6.45) is 3.09. The molecule has 0 N–H and O–H groups in total. The van der Waals surface area contributed by atoms with Gasteiger partial charge in [-0.25, -0.2) is 18.4 Å². The summed E-state index contributed by atoms with van der Waals surface area (Å²) in [5.41, 5.74) is 2.04. The normalized spacial score (nSPS) is 12.0. The highest BCUT2D eigenvalue weighted by Gasteiger charge is 2.20. The van der Waals surface area contributed by atoms with E-state index < -0.39 is 17.7 Å². The van der Waals surface area contributed by atoms with Gasteiger partial charge in [0.15, 0.2) is 11.6 Å². The van der Waals surface area contributed by atoms with E-state index >= 15 is 0 Å². The maximum absolute atomic E-state index is 13.4. The van der Waals surface area contributed by atoms with Gasteiger partial charge in [0.05, 0.1) is 12.6 Å². The molecule has 0 bridgehead atoms. The molecule has 0 saturated heterocycles. The summed E-state index contributed by atoms with van der Waals surface area (Å²) < 4.78 is 28.2. The van der Waals surface area contributed by atoms with Crippen molar-refractivity contribution in [1.29, 1.82) is 0 Å². The Morgan fingerprint density at radius 1 is 1.15 bits per heavy atom. The van der Waals surface area contributed by atoms with Crippen LogP contribution in [0, 0.1) is 11.6 Å². The first-order chi connectivity index (χ1) is 12.5. The number of hydrogen-bond donors (Lipinski definition) is 0. The van der Waals surface area contributed by atoms with Crippen molar-refractivity contribution in [3.05, 3.63) is 83.4 Å². The number of nitrogens with zero attached hydrogens (tertiary/aromatic N) is 4. The van der Waals surface area contributed by atoms with Crippen molar-refractivity contribution in [2.24, 2.45) is 0 Å². The first-order valence-corrected chi connectivity index (χ1v) is 8.09. The number of benzene rings is 2. The van der Waals surface area contributed by atoms with Crippen LogP contribution in [-0.4, -0.2) is 32.6 Å². The minimum absolute atomic E-state index is 0.200. The first-order valence-electron chi connectivity index (χ1n) is 8.09. The number of hydrogen-bond acceptors (Lipinski definition) is 3. The van der Waals surface area contributed by atoms with Crippen molar-refractivity contribution in [3.8, 4) is 0 Å². The molecule has 0 spiro atoms. The lowest BCUT2D eigenvalue weighted by molar-refractivity contribution is 0.0742. The lowest BCUT2D eigenvalue weighted by Crippen LogP contribution is -2.29. The summed E-state index contributed by atoms with van der Waals surface area (Å²) in [5.74, 6) is -2.03. The van der Waals surface area contributed by atoms with Crippen molar-refractivity contribution < 1.29 is 13.6 Å². The number of amides is 1. The van der Waals surface area contributed by atoms with Crippen LogP contribution in [0.5, 0.6) is 0 Å². The lowest BCUT2D eigenvalue weighted by Gasteiger charge is -2.25. The molecular formula is C19H18F2N4O. The third-order valence-corrected chi connectivity index (χ3v) is 4.34. The predicted octanol–water partition coefficient (Wildman–Crippen LogP) is 3.44. The minimum atomic E-state index is -0.923. The van der Waals surface area contributed by atoms with Crippen LogP contribution in [0.3, 0.4) is 0 Å². The molecule has 0 aliphatic rings. The SMILES string of the molecule is CC(c1ccc(F)c(F)c1)N(C)C(=O)c1ccc(Cn2cncn2)cc1. The fourth-order valence-electron chi connectivity index (χ4n) is 2.63. The molecule has 0 aliphatic heterocycles. The molecule has 0 saturated carbocycles. The van der Waals surface area contributed by atoms with E-state index in [9.17, 15) is 13.6 Å². The van der Waals surface area contributed by atoms with Crippen LogP contribution in [0.15, 0.2) is 55.1 Å². The Labute approximate surface area is 149 Å². The predicted molar refractivity (Wildman–Crippen MR) is 92.4 cm³/mol. The smallest absolute Gasteiger partial charge is 0.254 e. The molecule has 3 aromatic rings. The highest BCUT2D eigenvalue weighted by molar-refractivity contribution is 5.94. The highest BCUT2D eigenvalue weighted by Crippen LogP contribution is 2.22.